The van der Waals surface area contributed by atoms with E-state index >= 15 is 0 Å². The molecule has 1 N–H and O–H groups in total. The number of hydrogen-bond donors (Lipinski definition) is 1. The van der Waals surface area contributed by atoms with Crippen LogP contribution in [-0.4, -0.2) is 5.11 Å². The molecule has 3 rings (SSSR count). The van der Waals surface area contributed by atoms with Gasteiger partial charge in [-0.25, -0.2) is 4.39 Å². The molecule has 1 fully saturated rings. The lowest BCUT2D eigenvalue weighted by Crippen LogP contribution is -2.09. The Bertz CT molecular complexity index is 605. The molecule has 1 unspecified atom stereocenters. The number of rotatable bonds is 3. The second-order valence-electron chi connectivity index (χ2n) is 5.37. The highest BCUT2D eigenvalue weighted by molar-refractivity contribution is 9.10. The largest absolute Gasteiger partial charge is 0.384 e. The molecule has 2 aromatic carbocycles. The van der Waals surface area contributed by atoms with Crippen LogP contribution in [0.25, 0.3) is 0 Å². The maximum absolute atomic E-state index is 13.2. The maximum atomic E-state index is 13.2. The monoisotopic (exact) mass is 334 g/mol. The highest BCUT2D eigenvalue weighted by Gasteiger charge is 2.20. The molecule has 0 amide bonds. The molecule has 104 valence electrons. The average Bonchev–Trinajstić information content (AvgIpc) is 2.40. The Morgan fingerprint density at radius 3 is 2.25 bits per heavy atom. The average molecular weight is 335 g/mol. The molecule has 1 saturated carbocycles. The lowest BCUT2D eigenvalue weighted by molar-refractivity contribution is 0.220. The summed E-state index contributed by atoms with van der Waals surface area (Å²) < 4.78 is 13.6. The zero-order chi connectivity index (χ0) is 14.1. The highest BCUT2D eigenvalue weighted by atomic mass is 79.9. The number of hydrogen-bond acceptors (Lipinski definition) is 1. The quantitative estimate of drug-likeness (QED) is 0.843. The van der Waals surface area contributed by atoms with E-state index in [0.29, 0.717) is 16.0 Å². The molecule has 20 heavy (non-hydrogen) atoms. The molecule has 1 aliphatic carbocycles. The lowest BCUT2D eigenvalue weighted by atomic mass is 9.80. The van der Waals surface area contributed by atoms with Crippen LogP contribution in [0.15, 0.2) is 46.9 Å². The molecule has 0 saturated heterocycles. The number of halogens is 2. The van der Waals surface area contributed by atoms with Crippen LogP contribution in [0.2, 0.25) is 0 Å². The fourth-order valence-corrected chi connectivity index (χ4v) is 2.96. The lowest BCUT2D eigenvalue weighted by Gasteiger charge is -2.26. The molecule has 2 aromatic rings. The molecular weight excluding hydrogens is 319 g/mol. The van der Waals surface area contributed by atoms with E-state index in [1.165, 1.54) is 30.9 Å². The van der Waals surface area contributed by atoms with Gasteiger partial charge in [0.1, 0.15) is 11.9 Å². The molecule has 0 radical (unpaired) electrons. The van der Waals surface area contributed by atoms with Crippen LogP contribution in [-0.2, 0) is 0 Å². The van der Waals surface area contributed by atoms with Gasteiger partial charge in [0.15, 0.2) is 0 Å². The normalized spacial score (nSPS) is 16.8. The van der Waals surface area contributed by atoms with Gasteiger partial charge >= 0.3 is 0 Å². The summed E-state index contributed by atoms with van der Waals surface area (Å²) >= 11 is 3.15. The van der Waals surface area contributed by atoms with Gasteiger partial charge in [-0.05, 0) is 63.5 Å². The van der Waals surface area contributed by atoms with E-state index in [1.807, 2.05) is 12.1 Å². The standard InChI is InChI=1S/C17H16BrFO/c18-15-10-14(8-9-16(15)19)17(20)13-6-4-12(5-7-13)11-2-1-3-11/h4-11,17,20H,1-3H2. The molecule has 1 nitrogen and oxygen atoms in total. The minimum Gasteiger partial charge on any atom is -0.384 e. The first-order valence-corrected chi connectivity index (χ1v) is 7.67. The molecule has 0 aromatic heterocycles. The summed E-state index contributed by atoms with van der Waals surface area (Å²) in [6.07, 6.45) is 3.14. The van der Waals surface area contributed by atoms with E-state index in [4.69, 9.17) is 0 Å². The van der Waals surface area contributed by atoms with E-state index in [2.05, 4.69) is 28.1 Å². The van der Waals surface area contributed by atoms with Gasteiger partial charge in [-0.1, -0.05) is 36.8 Å². The molecule has 0 aliphatic heterocycles. The Kier molecular flexibility index (Phi) is 3.90. The van der Waals surface area contributed by atoms with Gasteiger partial charge in [0.05, 0.1) is 4.47 Å². The van der Waals surface area contributed by atoms with E-state index in [-0.39, 0.29) is 5.82 Å². The predicted molar refractivity (Wildman–Crippen MR) is 81.2 cm³/mol. The van der Waals surface area contributed by atoms with Crippen molar-refractivity contribution in [2.45, 2.75) is 31.3 Å². The molecule has 1 aliphatic rings. The van der Waals surface area contributed by atoms with E-state index in [0.717, 1.165) is 5.56 Å². The first kappa shape index (κ1) is 13.8. The minimum absolute atomic E-state index is 0.318. The topological polar surface area (TPSA) is 20.2 Å². The third kappa shape index (κ3) is 2.65. The third-order valence-corrected chi connectivity index (χ3v) is 4.70. The Labute approximate surface area is 126 Å². The van der Waals surface area contributed by atoms with Crippen molar-refractivity contribution in [2.75, 3.05) is 0 Å². The molecule has 3 heteroatoms. The van der Waals surface area contributed by atoms with Gasteiger partial charge in [0, 0.05) is 0 Å². The maximum Gasteiger partial charge on any atom is 0.137 e. The Morgan fingerprint density at radius 2 is 1.70 bits per heavy atom. The molecule has 0 bridgehead atoms. The van der Waals surface area contributed by atoms with Crippen LogP contribution < -0.4 is 0 Å². The van der Waals surface area contributed by atoms with Crippen LogP contribution >= 0.6 is 15.9 Å². The van der Waals surface area contributed by atoms with Crippen LogP contribution in [0.5, 0.6) is 0 Å². The van der Waals surface area contributed by atoms with Crippen molar-refractivity contribution < 1.29 is 9.50 Å². The van der Waals surface area contributed by atoms with E-state index < -0.39 is 6.10 Å². The van der Waals surface area contributed by atoms with Crippen molar-refractivity contribution in [1.82, 2.24) is 0 Å². The third-order valence-electron chi connectivity index (χ3n) is 4.09. The molecule has 0 heterocycles. The highest BCUT2D eigenvalue weighted by Crippen LogP contribution is 2.37. The van der Waals surface area contributed by atoms with Gasteiger partial charge in [0.2, 0.25) is 0 Å². The fraction of sp³-hybridized carbons (Fsp3) is 0.294. The van der Waals surface area contributed by atoms with Gasteiger partial charge in [-0.3, -0.25) is 0 Å². The predicted octanol–water partition coefficient (Wildman–Crippen LogP) is 4.94. The SMILES string of the molecule is OC(c1ccc(C2CCC2)cc1)c1ccc(F)c(Br)c1. The first-order chi connectivity index (χ1) is 9.65. The summed E-state index contributed by atoms with van der Waals surface area (Å²) in [5.74, 6) is 0.377. The van der Waals surface area contributed by atoms with Crippen LogP contribution in [0.3, 0.4) is 0 Å². The van der Waals surface area contributed by atoms with E-state index in [9.17, 15) is 9.50 Å². The second kappa shape index (κ2) is 5.66. The zero-order valence-electron chi connectivity index (χ0n) is 11.0. The smallest absolute Gasteiger partial charge is 0.137 e. The van der Waals surface area contributed by atoms with Crippen molar-refractivity contribution in [3.63, 3.8) is 0 Å². The Hall–Kier alpha value is -1.19. The van der Waals surface area contributed by atoms with Crippen molar-refractivity contribution in [3.05, 3.63) is 69.4 Å². The summed E-state index contributed by atoms with van der Waals surface area (Å²) in [5.41, 5.74) is 2.88. The molecular formula is C17H16BrFO. The van der Waals surface area contributed by atoms with E-state index in [1.54, 1.807) is 12.1 Å². The van der Waals surface area contributed by atoms with Crippen molar-refractivity contribution in [1.29, 1.82) is 0 Å². The van der Waals surface area contributed by atoms with Gasteiger partial charge < -0.3 is 5.11 Å². The Morgan fingerprint density at radius 1 is 1.05 bits per heavy atom. The zero-order valence-corrected chi connectivity index (χ0v) is 12.6. The number of aliphatic hydroxyl groups excluding tert-OH is 1. The summed E-state index contributed by atoms with van der Waals surface area (Å²) in [6, 6.07) is 12.7. The van der Waals surface area contributed by atoms with Crippen LogP contribution in [0.4, 0.5) is 4.39 Å². The second-order valence-corrected chi connectivity index (χ2v) is 6.22. The van der Waals surface area contributed by atoms with Crippen molar-refractivity contribution in [2.24, 2.45) is 0 Å². The van der Waals surface area contributed by atoms with Crippen molar-refractivity contribution in [3.8, 4) is 0 Å². The number of benzene rings is 2. The summed E-state index contributed by atoms with van der Waals surface area (Å²) in [7, 11) is 0. The summed E-state index contributed by atoms with van der Waals surface area (Å²) in [6.45, 7) is 0. The molecule has 1 atom stereocenters. The van der Waals surface area contributed by atoms with Gasteiger partial charge in [-0.2, -0.15) is 0 Å². The first-order valence-electron chi connectivity index (χ1n) is 6.88. The van der Waals surface area contributed by atoms with Crippen LogP contribution in [0, 0.1) is 5.82 Å². The van der Waals surface area contributed by atoms with Gasteiger partial charge in [0.25, 0.3) is 0 Å². The fourth-order valence-electron chi connectivity index (χ4n) is 2.57. The summed E-state index contributed by atoms with van der Waals surface area (Å²) in [5, 5.41) is 10.4. The molecule has 0 spiro atoms. The Balaban J connectivity index is 1.82. The van der Waals surface area contributed by atoms with Gasteiger partial charge in [-0.15, -0.1) is 0 Å². The van der Waals surface area contributed by atoms with Crippen molar-refractivity contribution >= 4 is 15.9 Å². The minimum atomic E-state index is -0.720. The van der Waals surface area contributed by atoms with Crippen LogP contribution in [0.1, 0.15) is 48.0 Å². The summed E-state index contributed by atoms with van der Waals surface area (Å²) in [4.78, 5) is 0. The number of aliphatic hydroxyl groups is 1.